The van der Waals surface area contributed by atoms with Crippen molar-refractivity contribution in [2.24, 2.45) is 11.8 Å². The molecule has 1 aromatic heterocycles. The average Bonchev–Trinajstić information content (AvgIpc) is 3.20. The van der Waals surface area contributed by atoms with Crippen LogP contribution in [0, 0.1) is 11.8 Å². The second-order valence-electron chi connectivity index (χ2n) is 8.04. The highest BCUT2D eigenvalue weighted by Gasteiger charge is 2.18. The van der Waals surface area contributed by atoms with E-state index in [9.17, 15) is 4.79 Å². The van der Waals surface area contributed by atoms with E-state index in [0.29, 0.717) is 6.61 Å². The van der Waals surface area contributed by atoms with Gasteiger partial charge < -0.3 is 9.64 Å². The fourth-order valence-corrected chi connectivity index (χ4v) is 4.57. The fourth-order valence-electron chi connectivity index (χ4n) is 3.66. The summed E-state index contributed by atoms with van der Waals surface area (Å²) in [6.07, 6.45) is 13.7. The quantitative estimate of drug-likeness (QED) is 0.204. The molecule has 1 heterocycles. The van der Waals surface area contributed by atoms with Crippen molar-refractivity contribution in [3.63, 3.8) is 0 Å². The molecule has 3 nitrogen and oxygen atoms in total. The van der Waals surface area contributed by atoms with Crippen LogP contribution in [0.25, 0.3) is 6.08 Å². The Bertz CT molecular complexity index is 563. The lowest BCUT2D eigenvalue weighted by atomic mass is 9.96. The second-order valence-corrected chi connectivity index (χ2v) is 8.93. The molecule has 166 valence electrons. The molecular formula is C25H43NO2S. The van der Waals surface area contributed by atoms with Gasteiger partial charge in [-0.3, -0.25) is 0 Å². The molecule has 29 heavy (non-hydrogen) atoms. The van der Waals surface area contributed by atoms with Crippen LogP contribution in [-0.4, -0.2) is 25.7 Å². The Morgan fingerprint density at radius 2 is 1.62 bits per heavy atom. The van der Waals surface area contributed by atoms with Crippen LogP contribution >= 0.6 is 11.3 Å². The van der Waals surface area contributed by atoms with Crippen molar-refractivity contribution in [3.05, 3.63) is 23.1 Å². The standard InChI is InChI=1S/C25H43NO2S/c1-6-11-13-21(8-3)18-26(19-22(9-4)14-12-7-2)24-17-23(20-29-24)15-16-25(27)28-10-5/h15-17,20-22H,6-14,18-19H2,1-5H3/b16-15+. The number of anilines is 1. The first-order chi connectivity index (χ1) is 14.1. The predicted octanol–water partition coefficient (Wildman–Crippen LogP) is 7.56. The zero-order valence-corrected chi connectivity index (χ0v) is 20.2. The molecule has 1 rings (SSSR count). The van der Waals surface area contributed by atoms with E-state index < -0.39 is 0 Å². The van der Waals surface area contributed by atoms with Crippen molar-refractivity contribution >= 4 is 28.4 Å². The minimum atomic E-state index is -0.270. The van der Waals surface area contributed by atoms with E-state index in [1.54, 1.807) is 11.3 Å². The second kappa shape index (κ2) is 15.5. The summed E-state index contributed by atoms with van der Waals surface area (Å²) in [6.45, 7) is 13.7. The largest absolute Gasteiger partial charge is 0.463 e. The maximum Gasteiger partial charge on any atom is 0.330 e. The third-order valence-electron chi connectivity index (χ3n) is 5.66. The first-order valence-corrected chi connectivity index (χ1v) is 12.6. The van der Waals surface area contributed by atoms with Crippen molar-refractivity contribution in [3.8, 4) is 0 Å². The van der Waals surface area contributed by atoms with E-state index in [-0.39, 0.29) is 5.97 Å². The van der Waals surface area contributed by atoms with Crippen molar-refractivity contribution in [2.75, 3.05) is 24.6 Å². The first kappa shape index (κ1) is 25.7. The number of hydrogen-bond acceptors (Lipinski definition) is 4. The lowest BCUT2D eigenvalue weighted by molar-refractivity contribution is -0.137. The number of nitrogens with zero attached hydrogens (tertiary/aromatic N) is 1. The van der Waals surface area contributed by atoms with Crippen LogP contribution in [0.15, 0.2) is 17.5 Å². The van der Waals surface area contributed by atoms with Gasteiger partial charge in [0, 0.05) is 24.5 Å². The summed E-state index contributed by atoms with van der Waals surface area (Å²) in [5.74, 6) is 1.23. The zero-order chi connectivity index (χ0) is 21.5. The van der Waals surface area contributed by atoms with Crippen LogP contribution < -0.4 is 4.90 Å². The Morgan fingerprint density at radius 3 is 2.10 bits per heavy atom. The number of unbranched alkanes of at least 4 members (excludes halogenated alkanes) is 2. The summed E-state index contributed by atoms with van der Waals surface area (Å²) in [4.78, 5) is 14.2. The number of rotatable bonds is 16. The van der Waals surface area contributed by atoms with Crippen molar-refractivity contribution in [1.29, 1.82) is 0 Å². The molecule has 0 spiro atoms. The summed E-state index contributed by atoms with van der Waals surface area (Å²) in [5, 5.41) is 3.48. The molecule has 0 saturated carbocycles. The van der Waals surface area contributed by atoms with E-state index in [4.69, 9.17) is 4.74 Å². The Labute approximate surface area is 183 Å². The number of carbonyl (C=O) groups is 1. The monoisotopic (exact) mass is 421 g/mol. The van der Waals surface area contributed by atoms with E-state index in [0.717, 1.165) is 30.5 Å². The van der Waals surface area contributed by atoms with Crippen molar-refractivity contribution in [2.45, 2.75) is 86.0 Å². The molecule has 0 N–H and O–H groups in total. The maximum atomic E-state index is 11.6. The van der Waals surface area contributed by atoms with Crippen LogP contribution in [-0.2, 0) is 9.53 Å². The van der Waals surface area contributed by atoms with E-state index in [2.05, 4.69) is 44.0 Å². The molecular weight excluding hydrogens is 378 g/mol. The van der Waals surface area contributed by atoms with Gasteiger partial charge in [0.2, 0.25) is 0 Å². The number of hydrogen-bond donors (Lipinski definition) is 0. The molecule has 0 bridgehead atoms. The number of ether oxygens (including phenoxy) is 1. The molecule has 0 aromatic carbocycles. The number of thiophene rings is 1. The normalized spacial score (nSPS) is 13.6. The summed E-state index contributed by atoms with van der Waals surface area (Å²) >= 11 is 1.80. The smallest absolute Gasteiger partial charge is 0.330 e. The summed E-state index contributed by atoms with van der Waals surface area (Å²) in [7, 11) is 0. The highest BCUT2D eigenvalue weighted by molar-refractivity contribution is 7.14. The predicted molar refractivity (Wildman–Crippen MR) is 129 cm³/mol. The lowest BCUT2D eigenvalue weighted by Gasteiger charge is -2.31. The average molecular weight is 422 g/mol. The Kier molecular flexibility index (Phi) is 13.8. The summed E-state index contributed by atoms with van der Waals surface area (Å²) in [5.41, 5.74) is 1.09. The molecule has 1 aromatic rings. The van der Waals surface area contributed by atoms with E-state index in [1.165, 1.54) is 62.4 Å². The number of esters is 1. The first-order valence-electron chi connectivity index (χ1n) is 11.8. The van der Waals surface area contributed by atoms with Crippen molar-refractivity contribution in [1.82, 2.24) is 0 Å². The summed E-state index contributed by atoms with van der Waals surface area (Å²) in [6, 6.07) is 2.24. The Balaban J connectivity index is 2.92. The molecule has 0 aliphatic rings. The topological polar surface area (TPSA) is 29.5 Å². The Morgan fingerprint density at radius 1 is 1.03 bits per heavy atom. The van der Waals surface area contributed by atoms with Crippen molar-refractivity contribution < 1.29 is 9.53 Å². The fraction of sp³-hybridized carbons (Fsp3) is 0.720. The molecule has 0 fully saturated rings. The van der Waals surface area contributed by atoms with Gasteiger partial charge in [-0.2, -0.15) is 0 Å². The van der Waals surface area contributed by atoms with Gasteiger partial charge in [-0.1, -0.05) is 66.2 Å². The molecule has 4 heteroatoms. The molecule has 0 saturated heterocycles. The SMILES string of the molecule is CCCCC(CC)CN(CC(CC)CCCC)c1cc(/C=C/C(=O)OCC)cs1. The molecule has 0 radical (unpaired) electrons. The summed E-state index contributed by atoms with van der Waals surface area (Å²) < 4.78 is 4.99. The molecule has 2 atom stereocenters. The van der Waals surface area contributed by atoms with Gasteiger partial charge in [-0.25, -0.2) is 4.79 Å². The van der Waals surface area contributed by atoms with Crippen LogP contribution in [0.2, 0.25) is 0 Å². The van der Waals surface area contributed by atoms with Crippen LogP contribution in [0.3, 0.4) is 0 Å². The van der Waals surface area contributed by atoms with Gasteiger partial charge in [0.25, 0.3) is 0 Å². The van der Waals surface area contributed by atoms with Gasteiger partial charge in [0.05, 0.1) is 11.6 Å². The van der Waals surface area contributed by atoms with Gasteiger partial charge >= 0.3 is 5.97 Å². The third kappa shape index (κ3) is 10.3. The Hall–Kier alpha value is -1.29. The zero-order valence-electron chi connectivity index (χ0n) is 19.4. The maximum absolute atomic E-state index is 11.6. The number of carbonyl (C=O) groups excluding carboxylic acids is 1. The lowest BCUT2D eigenvalue weighted by Crippen LogP contribution is -2.33. The van der Waals surface area contributed by atoms with Gasteiger partial charge in [0.15, 0.2) is 0 Å². The molecule has 0 aliphatic heterocycles. The third-order valence-corrected chi connectivity index (χ3v) is 6.67. The van der Waals surface area contributed by atoms with Crippen LogP contribution in [0.1, 0.15) is 91.5 Å². The van der Waals surface area contributed by atoms with Gasteiger partial charge in [0.1, 0.15) is 0 Å². The van der Waals surface area contributed by atoms with Crippen LogP contribution in [0.4, 0.5) is 5.00 Å². The molecule has 0 amide bonds. The highest BCUT2D eigenvalue weighted by atomic mass is 32.1. The minimum Gasteiger partial charge on any atom is -0.463 e. The molecule has 2 unspecified atom stereocenters. The van der Waals surface area contributed by atoms with E-state index >= 15 is 0 Å². The van der Waals surface area contributed by atoms with Gasteiger partial charge in [-0.15, -0.1) is 11.3 Å². The van der Waals surface area contributed by atoms with Gasteiger partial charge in [-0.05, 0) is 49.3 Å². The molecule has 0 aliphatic carbocycles. The van der Waals surface area contributed by atoms with Crippen LogP contribution in [0.5, 0.6) is 0 Å². The van der Waals surface area contributed by atoms with E-state index in [1.807, 2.05) is 13.0 Å². The minimum absolute atomic E-state index is 0.270. The highest BCUT2D eigenvalue weighted by Crippen LogP contribution is 2.30.